The second kappa shape index (κ2) is 15.6. The maximum absolute atomic E-state index is 13.3. The fraction of sp³-hybridized carbons (Fsp3) is 0.697. The van der Waals surface area contributed by atoms with Gasteiger partial charge in [0.25, 0.3) is 0 Å². The first kappa shape index (κ1) is 38.7. The molecule has 1 aromatic carbocycles. The molecule has 11 heteroatoms. The highest BCUT2D eigenvalue weighted by Gasteiger charge is 2.32. The lowest BCUT2D eigenvalue weighted by atomic mass is 9.92. The van der Waals surface area contributed by atoms with E-state index in [1.54, 1.807) is 107 Å². The van der Waals surface area contributed by atoms with Crippen molar-refractivity contribution in [1.29, 1.82) is 0 Å². The largest absolute Gasteiger partial charge is 0.460 e. The van der Waals surface area contributed by atoms with Crippen molar-refractivity contribution in [2.45, 2.75) is 131 Å². The van der Waals surface area contributed by atoms with Crippen LogP contribution in [0.3, 0.4) is 0 Å². The van der Waals surface area contributed by atoms with Crippen LogP contribution in [0.1, 0.15) is 101 Å². The number of nitrogens with one attached hydrogen (secondary N) is 1. The lowest BCUT2D eigenvalue weighted by molar-refractivity contribution is -0.162. The van der Waals surface area contributed by atoms with Crippen molar-refractivity contribution in [3.63, 3.8) is 0 Å². The molecule has 250 valence electrons. The predicted octanol–water partition coefficient (Wildman–Crippen LogP) is 5.94. The number of esters is 2. The van der Waals surface area contributed by atoms with E-state index in [2.05, 4.69) is 5.32 Å². The Balaban J connectivity index is 3.25. The van der Waals surface area contributed by atoms with Gasteiger partial charge in [-0.1, -0.05) is 12.1 Å². The molecular weight excluding hydrogens is 568 g/mol. The Morgan fingerprint density at radius 1 is 0.705 bits per heavy atom. The summed E-state index contributed by atoms with van der Waals surface area (Å²) in [6.07, 6.45) is -0.786. The number of anilines is 1. The van der Waals surface area contributed by atoms with E-state index in [0.29, 0.717) is 5.69 Å². The van der Waals surface area contributed by atoms with Gasteiger partial charge in [-0.05, 0) is 120 Å². The summed E-state index contributed by atoms with van der Waals surface area (Å²) in [5, 5.41) is 12.1. The molecule has 1 unspecified atom stereocenters. The third-order valence-electron chi connectivity index (χ3n) is 5.59. The molecule has 0 aliphatic rings. The number of amides is 2. The molecule has 1 aromatic rings. The molecule has 0 saturated carbocycles. The van der Waals surface area contributed by atoms with Gasteiger partial charge in [0.1, 0.15) is 28.4 Å². The van der Waals surface area contributed by atoms with Crippen LogP contribution in [0.5, 0.6) is 0 Å². The van der Waals surface area contributed by atoms with E-state index >= 15 is 0 Å². The first-order chi connectivity index (χ1) is 19.9. The predicted molar refractivity (Wildman–Crippen MR) is 168 cm³/mol. The van der Waals surface area contributed by atoms with Gasteiger partial charge < -0.3 is 29.4 Å². The second-order valence-corrected chi connectivity index (χ2v) is 14.8. The molecule has 44 heavy (non-hydrogen) atoms. The van der Waals surface area contributed by atoms with Crippen LogP contribution in [0.2, 0.25) is 0 Å². The highest BCUT2D eigenvalue weighted by molar-refractivity contribution is 5.88. The van der Waals surface area contributed by atoms with Gasteiger partial charge in [0.15, 0.2) is 0 Å². The summed E-state index contributed by atoms with van der Waals surface area (Å²) in [6.45, 7) is 20.7. The number of aliphatic hydroxyl groups excluding tert-OH is 1. The average molecular weight is 623 g/mol. The fourth-order valence-electron chi connectivity index (χ4n) is 3.97. The third kappa shape index (κ3) is 15.9. The van der Waals surface area contributed by atoms with Crippen LogP contribution in [-0.2, 0) is 35.0 Å². The standard InChI is InChI=1S/C33H54N2O9/c1-30(2,3)41-26(37)23(15-18-25(27(38)42-31(4,5)6)34-28(39)43-32(7,8)9)21-22-13-16-24(17-14-22)35(19-20-36)29(40)44-33(10,11)12/h13-14,16-17,23,25,36H,15,18-21H2,1-12H3,(H,34,39)/t23?,25-/m0/s1. The highest BCUT2D eigenvalue weighted by Crippen LogP contribution is 2.25. The Labute approximate surface area is 262 Å². The topological polar surface area (TPSA) is 141 Å². The molecule has 0 bridgehead atoms. The van der Waals surface area contributed by atoms with Crippen LogP contribution >= 0.6 is 0 Å². The van der Waals surface area contributed by atoms with Crippen molar-refractivity contribution in [2.24, 2.45) is 5.92 Å². The molecule has 0 heterocycles. The molecule has 0 aliphatic carbocycles. The minimum Gasteiger partial charge on any atom is -0.460 e. The van der Waals surface area contributed by atoms with E-state index in [9.17, 15) is 24.3 Å². The summed E-state index contributed by atoms with van der Waals surface area (Å²) in [5.41, 5.74) is -1.70. The third-order valence-corrected chi connectivity index (χ3v) is 5.59. The number of alkyl carbamates (subject to hydrolysis) is 1. The maximum Gasteiger partial charge on any atom is 0.414 e. The van der Waals surface area contributed by atoms with Crippen molar-refractivity contribution in [3.8, 4) is 0 Å². The summed E-state index contributed by atoms with van der Waals surface area (Å²) in [4.78, 5) is 53.0. The molecule has 1 rings (SSSR count). The summed E-state index contributed by atoms with van der Waals surface area (Å²) in [6, 6.07) is 5.94. The number of hydrogen-bond acceptors (Lipinski definition) is 9. The number of benzene rings is 1. The SMILES string of the molecule is CC(C)(C)OC(=O)N[C@@H](CCC(Cc1ccc(N(CCO)C(=O)OC(C)(C)C)cc1)C(=O)OC(C)(C)C)C(=O)OC(C)(C)C. The van der Waals surface area contributed by atoms with E-state index in [4.69, 9.17) is 18.9 Å². The van der Waals surface area contributed by atoms with Crippen molar-refractivity contribution in [2.75, 3.05) is 18.1 Å². The summed E-state index contributed by atoms with van der Waals surface area (Å²) in [7, 11) is 0. The highest BCUT2D eigenvalue weighted by atomic mass is 16.6. The normalized spacial score (nSPS) is 13.8. The molecule has 2 N–H and O–H groups in total. The van der Waals surface area contributed by atoms with Crippen LogP contribution in [0, 0.1) is 5.92 Å². The smallest absolute Gasteiger partial charge is 0.414 e. The van der Waals surface area contributed by atoms with Gasteiger partial charge in [-0.3, -0.25) is 9.69 Å². The molecule has 11 nitrogen and oxygen atoms in total. The zero-order valence-electron chi connectivity index (χ0n) is 28.7. The maximum atomic E-state index is 13.3. The lowest BCUT2D eigenvalue weighted by Crippen LogP contribution is -2.46. The van der Waals surface area contributed by atoms with E-state index in [1.807, 2.05) is 0 Å². The van der Waals surface area contributed by atoms with Crippen molar-refractivity contribution in [3.05, 3.63) is 29.8 Å². The Morgan fingerprint density at radius 2 is 1.18 bits per heavy atom. The number of nitrogens with zero attached hydrogens (tertiary/aromatic N) is 1. The Bertz CT molecular complexity index is 1100. The Morgan fingerprint density at radius 3 is 1.64 bits per heavy atom. The monoisotopic (exact) mass is 622 g/mol. The number of hydrogen-bond donors (Lipinski definition) is 2. The molecule has 0 aliphatic heterocycles. The zero-order chi connectivity index (χ0) is 34.1. The molecule has 0 saturated heterocycles. The van der Waals surface area contributed by atoms with Gasteiger partial charge in [0.05, 0.1) is 19.1 Å². The summed E-state index contributed by atoms with van der Waals surface area (Å²) < 4.78 is 22.1. The molecule has 2 atom stereocenters. The van der Waals surface area contributed by atoms with Crippen LogP contribution < -0.4 is 10.2 Å². The second-order valence-electron chi connectivity index (χ2n) is 14.8. The van der Waals surface area contributed by atoms with Crippen LogP contribution in [0.25, 0.3) is 0 Å². The fourth-order valence-corrected chi connectivity index (χ4v) is 3.97. The van der Waals surface area contributed by atoms with E-state index < -0.39 is 58.5 Å². The number of rotatable bonds is 11. The van der Waals surface area contributed by atoms with Gasteiger partial charge in [0.2, 0.25) is 0 Å². The lowest BCUT2D eigenvalue weighted by Gasteiger charge is -2.28. The molecule has 0 spiro atoms. The van der Waals surface area contributed by atoms with Crippen molar-refractivity contribution in [1.82, 2.24) is 5.32 Å². The Hall–Kier alpha value is -3.34. The van der Waals surface area contributed by atoms with Gasteiger partial charge >= 0.3 is 24.1 Å². The quantitative estimate of drug-likeness (QED) is 0.227. The number of carbonyl (C=O) groups excluding carboxylic acids is 4. The molecule has 0 fully saturated rings. The molecule has 0 radical (unpaired) electrons. The zero-order valence-corrected chi connectivity index (χ0v) is 28.7. The molecular formula is C33H54N2O9. The van der Waals surface area contributed by atoms with Gasteiger partial charge in [-0.2, -0.15) is 0 Å². The van der Waals surface area contributed by atoms with Gasteiger partial charge in [-0.15, -0.1) is 0 Å². The minimum absolute atomic E-state index is 0.0471. The van der Waals surface area contributed by atoms with Crippen LogP contribution in [0.15, 0.2) is 24.3 Å². The van der Waals surface area contributed by atoms with E-state index in [-0.39, 0.29) is 32.4 Å². The van der Waals surface area contributed by atoms with E-state index in [1.165, 1.54) is 4.90 Å². The average Bonchev–Trinajstić information content (AvgIpc) is 2.80. The number of aliphatic hydroxyl groups is 1. The van der Waals surface area contributed by atoms with Crippen molar-refractivity contribution >= 4 is 29.8 Å². The summed E-state index contributed by atoms with van der Waals surface area (Å²) in [5.74, 6) is -1.75. The summed E-state index contributed by atoms with van der Waals surface area (Å²) >= 11 is 0. The van der Waals surface area contributed by atoms with Gasteiger partial charge in [-0.25, -0.2) is 14.4 Å². The van der Waals surface area contributed by atoms with E-state index in [0.717, 1.165) is 5.56 Å². The first-order valence-electron chi connectivity index (χ1n) is 15.0. The van der Waals surface area contributed by atoms with Crippen molar-refractivity contribution < 1.29 is 43.2 Å². The number of ether oxygens (including phenoxy) is 4. The molecule has 0 aromatic heterocycles. The minimum atomic E-state index is -1.06. The number of carbonyl (C=O) groups is 4. The Kier molecular flexibility index (Phi) is 13.7. The van der Waals surface area contributed by atoms with Crippen LogP contribution in [-0.4, -0.2) is 70.8 Å². The van der Waals surface area contributed by atoms with Crippen LogP contribution in [0.4, 0.5) is 15.3 Å². The molecule has 2 amide bonds. The van der Waals surface area contributed by atoms with Gasteiger partial charge in [0, 0.05) is 5.69 Å². The first-order valence-corrected chi connectivity index (χ1v) is 15.0.